The van der Waals surface area contributed by atoms with Crippen molar-refractivity contribution < 1.29 is 23.1 Å². The number of hydrogen-bond donors (Lipinski definition) is 1. The predicted molar refractivity (Wildman–Crippen MR) is 86.9 cm³/mol. The Hall–Kier alpha value is -3.29. The van der Waals surface area contributed by atoms with E-state index in [1.807, 2.05) is 6.92 Å². The monoisotopic (exact) mass is 341 g/mol. The Morgan fingerprint density at radius 2 is 1.84 bits per heavy atom. The van der Waals surface area contributed by atoms with Gasteiger partial charge in [0.05, 0.1) is 5.56 Å². The zero-order valence-electron chi connectivity index (χ0n) is 13.7. The Morgan fingerprint density at radius 1 is 1.04 bits per heavy atom. The average Bonchev–Trinajstić information content (AvgIpc) is 3.20. The normalized spacial score (nSPS) is 12.9. The summed E-state index contributed by atoms with van der Waals surface area (Å²) < 4.78 is 21.8. The summed E-state index contributed by atoms with van der Waals surface area (Å²) in [6.45, 7) is 4.59. The van der Waals surface area contributed by atoms with Gasteiger partial charge in [0.15, 0.2) is 11.5 Å². The summed E-state index contributed by atoms with van der Waals surface area (Å²) in [7, 11) is 0. The first-order valence-corrected chi connectivity index (χ1v) is 7.72. The summed E-state index contributed by atoms with van der Waals surface area (Å²) >= 11 is 0. The molecule has 0 atom stereocenters. The number of rotatable bonds is 3. The number of aromatic nitrogens is 2. The predicted octanol–water partition coefficient (Wildman–Crippen LogP) is 2.97. The van der Waals surface area contributed by atoms with E-state index in [1.165, 1.54) is 0 Å². The maximum atomic E-state index is 12.4. The molecule has 8 heteroatoms. The lowest BCUT2D eigenvalue weighted by atomic mass is 10.2. The Morgan fingerprint density at radius 3 is 2.60 bits per heavy atom. The Balaban J connectivity index is 1.52. The Bertz CT molecular complexity index is 944. The molecule has 1 amide bonds. The summed E-state index contributed by atoms with van der Waals surface area (Å²) in [6.07, 6.45) is 0. The summed E-state index contributed by atoms with van der Waals surface area (Å²) in [5.74, 6) is 2.47. The highest BCUT2D eigenvalue weighted by Gasteiger charge is 2.18. The molecule has 0 unspecified atom stereocenters. The molecule has 1 N–H and O–H groups in total. The van der Waals surface area contributed by atoms with Crippen molar-refractivity contribution in [2.45, 2.75) is 13.8 Å². The molecule has 0 saturated heterocycles. The molecule has 128 valence electrons. The van der Waals surface area contributed by atoms with Crippen LogP contribution in [0.1, 0.15) is 21.9 Å². The van der Waals surface area contributed by atoms with E-state index < -0.39 is 0 Å². The summed E-state index contributed by atoms with van der Waals surface area (Å²) in [5, 5.41) is 10.4. The number of nitrogens with zero attached hydrogens (tertiary/aromatic N) is 2. The smallest absolute Gasteiger partial charge is 0.322 e. The van der Waals surface area contributed by atoms with E-state index >= 15 is 0 Å². The van der Waals surface area contributed by atoms with Crippen LogP contribution in [0, 0.1) is 13.8 Å². The van der Waals surface area contributed by atoms with E-state index in [-0.39, 0.29) is 17.8 Å². The van der Waals surface area contributed by atoms with E-state index in [1.54, 1.807) is 31.2 Å². The van der Waals surface area contributed by atoms with Crippen LogP contribution in [0.25, 0.3) is 11.5 Å². The van der Waals surface area contributed by atoms with Crippen LogP contribution >= 0.6 is 0 Å². The molecule has 1 aliphatic rings. The molecule has 1 aliphatic heterocycles. The van der Waals surface area contributed by atoms with Crippen LogP contribution in [0.15, 0.2) is 33.1 Å². The standard InChI is InChI=1S/C17H15N3O5/c1-9-7-12(10(2)24-9)16-19-20-17(25-16)18-15(21)11-3-4-13-14(8-11)23-6-5-22-13/h3-4,7-8H,5-6H2,1-2H3,(H,18,20,21). The van der Waals surface area contributed by atoms with Gasteiger partial charge < -0.3 is 18.3 Å². The lowest BCUT2D eigenvalue weighted by Gasteiger charge is -2.18. The van der Waals surface area contributed by atoms with Gasteiger partial charge in [-0.25, -0.2) is 0 Å². The summed E-state index contributed by atoms with van der Waals surface area (Å²) in [4.78, 5) is 12.4. The van der Waals surface area contributed by atoms with Gasteiger partial charge >= 0.3 is 6.01 Å². The van der Waals surface area contributed by atoms with Crippen molar-refractivity contribution in [3.63, 3.8) is 0 Å². The van der Waals surface area contributed by atoms with E-state index in [0.717, 1.165) is 5.76 Å². The first-order chi connectivity index (χ1) is 12.1. The van der Waals surface area contributed by atoms with E-state index in [4.69, 9.17) is 18.3 Å². The topological polar surface area (TPSA) is 99.6 Å². The molecule has 25 heavy (non-hydrogen) atoms. The van der Waals surface area contributed by atoms with Gasteiger partial charge in [0, 0.05) is 5.56 Å². The van der Waals surface area contributed by atoms with Gasteiger partial charge in [0.25, 0.3) is 11.8 Å². The number of fused-ring (bicyclic) bond motifs is 1. The van der Waals surface area contributed by atoms with Crippen LogP contribution in [0.2, 0.25) is 0 Å². The minimum Gasteiger partial charge on any atom is -0.486 e. The fourth-order valence-corrected chi connectivity index (χ4v) is 2.58. The first-order valence-electron chi connectivity index (χ1n) is 7.72. The zero-order chi connectivity index (χ0) is 17.4. The Labute approximate surface area is 142 Å². The van der Waals surface area contributed by atoms with E-state index in [2.05, 4.69) is 15.5 Å². The van der Waals surface area contributed by atoms with Gasteiger partial charge in [0.1, 0.15) is 24.7 Å². The third-order valence-corrected chi connectivity index (χ3v) is 3.72. The molecule has 0 saturated carbocycles. The molecule has 0 fully saturated rings. The van der Waals surface area contributed by atoms with Gasteiger partial charge in [-0.3, -0.25) is 10.1 Å². The maximum absolute atomic E-state index is 12.4. The van der Waals surface area contributed by atoms with E-state index in [0.29, 0.717) is 41.6 Å². The van der Waals surface area contributed by atoms with Crippen LogP contribution in [0.3, 0.4) is 0 Å². The van der Waals surface area contributed by atoms with Gasteiger partial charge in [-0.05, 0) is 38.1 Å². The molecule has 8 nitrogen and oxygen atoms in total. The lowest BCUT2D eigenvalue weighted by Crippen LogP contribution is -2.17. The van der Waals surface area contributed by atoms with Gasteiger partial charge in [0.2, 0.25) is 0 Å². The number of ether oxygens (including phenoxy) is 2. The van der Waals surface area contributed by atoms with Crippen molar-refractivity contribution in [3.8, 4) is 23.0 Å². The summed E-state index contributed by atoms with van der Waals surface area (Å²) in [5.41, 5.74) is 1.10. The number of carbonyl (C=O) groups is 1. The van der Waals surface area contributed by atoms with Crippen LogP contribution in [0.4, 0.5) is 6.01 Å². The molecule has 3 aromatic rings. The molecule has 3 heterocycles. The van der Waals surface area contributed by atoms with Gasteiger partial charge in [-0.2, -0.15) is 0 Å². The second-order valence-corrected chi connectivity index (χ2v) is 5.55. The molecule has 0 spiro atoms. The molecule has 2 aromatic heterocycles. The SMILES string of the molecule is Cc1cc(-c2nnc(NC(=O)c3ccc4c(c3)OCCO4)o2)c(C)o1. The molecule has 4 rings (SSSR count). The Kier molecular flexibility index (Phi) is 3.64. The third kappa shape index (κ3) is 2.93. The number of furan rings is 1. The number of aryl methyl sites for hydroxylation is 2. The summed E-state index contributed by atoms with van der Waals surface area (Å²) in [6, 6.07) is 6.76. The molecular formula is C17H15N3O5. The fraction of sp³-hybridized carbons (Fsp3) is 0.235. The molecule has 0 aliphatic carbocycles. The van der Waals surface area contributed by atoms with Crippen molar-refractivity contribution in [3.05, 3.63) is 41.3 Å². The number of amides is 1. The highest BCUT2D eigenvalue weighted by molar-refractivity contribution is 6.03. The number of benzene rings is 1. The van der Waals surface area contributed by atoms with Crippen LogP contribution < -0.4 is 14.8 Å². The first kappa shape index (κ1) is 15.3. The molecule has 0 bridgehead atoms. The minimum atomic E-state index is -0.382. The lowest BCUT2D eigenvalue weighted by molar-refractivity contribution is 0.102. The quantitative estimate of drug-likeness (QED) is 0.781. The average molecular weight is 341 g/mol. The minimum absolute atomic E-state index is 0.00754. The van der Waals surface area contributed by atoms with Crippen molar-refractivity contribution in [2.24, 2.45) is 0 Å². The molecule has 1 aromatic carbocycles. The highest BCUT2D eigenvalue weighted by atomic mass is 16.6. The van der Waals surface area contributed by atoms with Crippen molar-refractivity contribution in [1.29, 1.82) is 0 Å². The fourth-order valence-electron chi connectivity index (χ4n) is 2.58. The molecule has 0 radical (unpaired) electrons. The second-order valence-electron chi connectivity index (χ2n) is 5.55. The third-order valence-electron chi connectivity index (χ3n) is 3.72. The second kappa shape index (κ2) is 5.97. The maximum Gasteiger partial charge on any atom is 0.322 e. The number of anilines is 1. The largest absolute Gasteiger partial charge is 0.486 e. The van der Waals surface area contributed by atoms with Gasteiger partial charge in [-0.1, -0.05) is 5.10 Å². The number of hydrogen-bond acceptors (Lipinski definition) is 7. The van der Waals surface area contributed by atoms with Crippen LogP contribution in [0.5, 0.6) is 11.5 Å². The van der Waals surface area contributed by atoms with Crippen molar-refractivity contribution in [2.75, 3.05) is 18.5 Å². The number of carbonyl (C=O) groups excluding carboxylic acids is 1. The molecular weight excluding hydrogens is 326 g/mol. The zero-order valence-corrected chi connectivity index (χ0v) is 13.7. The van der Waals surface area contributed by atoms with Gasteiger partial charge in [-0.15, -0.1) is 5.10 Å². The van der Waals surface area contributed by atoms with Crippen LogP contribution in [-0.2, 0) is 0 Å². The van der Waals surface area contributed by atoms with Crippen molar-refractivity contribution in [1.82, 2.24) is 10.2 Å². The number of nitrogens with one attached hydrogen (secondary N) is 1. The highest BCUT2D eigenvalue weighted by Crippen LogP contribution is 2.31. The van der Waals surface area contributed by atoms with Crippen LogP contribution in [-0.4, -0.2) is 29.3 Å². The van der Waals surface area contributed by atoms with E-state index in [9.17, 15) is 4.79 Å². The van der Waals surface area contributed by atoms with Crippen molar-refractivity contribution >= 4 is 11.9 Å².